The quantitative estimate of drug-likeness (QED) is 0.704. The number of halogens is 1. The van der Waals surface area contributed by atoms with Crippen LogP contribution in [0.25, 0.3) is 0 Å². The molecule has 1 aromatic heterocycles. The third kappa shape index (κ3) is 4.94. The summed E-state index contributed by atoms with van der Waals surface area (Å²) in [5.74, 6) is 1.50. The summed E-state index contributed by atoms with van der Waals surface area (Å²) in [7, 11) is 0. The summed E-state index contributed by atoms with van der Waals surface area (Å²) in [6.07, 6.45) is 3.72. The minimum absolute atomic E-state index is 0.0987. The van der Waals surface area contributed by atoms with E-state index >= 15 is 0 Å². The molecule has 26 heavy (non-hydrogen) atoms. The fraction of sp³-hybridized carbons (Fsp3) is 0.421. The van der Waals surface area contributed by atoms with Gasteiger partial charge in [0.1, 0.15) is 5.82 Å². The van der Waals surface area contributed by atoms with Gasteiger partial charge >= 0.3 is 0 Å². The van der Waals surface area contributed by atoms with Gasteiger partial charge in [0.15, 0.2) is 0 Å². The molecule has 0 spiro atoms. The van der Waals surface area contributed by atoms with E-state index in [0.717, 1.165) is 29.1 Å². The lowest BCUT2D eigenvalue weighted by molar-refractivity contribution is 0.0954. The van der Waals surface area contributed by atoms with Gasteiger partial charge in [-0.2, -0.15) is 4.98 Å². The standard InChI is InChI=1S/C19H24BrN5O/c1-14-13-17(25-11-5-2-6-12-25)24-19(23-14)22-10-9-21-18(26)15-7-3-4-8-16(15)20/h3-4,7-8,13H,2,5-6,9-12H2,1H3,(H,21,26)(H,22,23,24). The van der Waals surface area contributed by atoms with Gasteiger partial charge in [-0.3, -0.25) is 4.79 Å². The summed E-state index contributed by atoms with van der Waals surface area (Å²) in [6.45, 7) is 5.15. The number of nitrogens with one attached hydrogen (secondary N) is 2. The van der Waals surface area contributed by atoms with Crippen molar-refractivity contribution >= 4 is 33.6 Å². The number of aryl methyl sites for hydroxylation is 1. The van der Waals surface area contributed by atoms with E-state index in [0.29, 0.717) is 24.6 Å². The van der Waals surface area contributed by atoms with Crippen LogP contribution in [0, 0.1) is 6.92 Å². The molecule has 1 fully saturated rings. The summed E-state index contributed by atoms with van der Waals surface area (Å²) in [5.41, 5.74) is 1.58. The van der Waals surface area contributed by atoms with Crippen LogP contribution >= 0.6 is 15.9 Å². The minimum atomic E-state index is -0.0987. The van der Waals surface area contributed by atoms with Crippen LogP contribution in [0.1, 0.15) is 35.3 Å². The smallest absolute Gasteiger partial charge is 0.252 e. The first kappa shape index (κ1) is 18.6. The number of rotatable bonds is 6. The molecule has 6 nitrogen and oxygen atoms in total. The number of amides is 1. The third-order valence-corrected chi connectivity index (χ3v) is 5.02. The number of aromatic nitrogens is 2. The number of nitrogens with zero attached hydrogens (tertiary/aromatic N) is 3. The lowest BCUT2D eigenvalue weighted by Crippen LogP contribution is -2.31. The number of carbonyl (C=O) groups is 1. The molecule has 1 aromatic carbocycles. The zero-order valence-electron chi connectivity index (χ0n) is 15.0. The molecule has 1 aliphatic heterocycles. The van der Waals surface area contributed by atoms with Crippen LogP contribution in [0.3, 0.4) is 0 Å². The maximum atomic E-state index is 12.2. The Morgan fingerprint density at radius 1 is 1.15 bits per heavy atom. The molecule has 0 atom stereocenters. The number of hydrogen-bond acceptors (Lipinski definition) is 5. The van der Waals surface area contributed by atoms with Crippen molar-refractivity contribution in [2.45, 2.75) is 26.2 Å². The Balaban J connectivity index is 1.52. The average Bonchev–Trinajstić information content (AvgIpc) is 2.66. The second-order valence-corrected chi connectivity index (χ2v) is 7.26. The summed E-state index contributed by atoms with van der Waals surface area (Å²) in [4.78, 5) is 23.6. The van der Waals surface area contributed by atoms with Crippen LogP contribution < -0.4 is 15.5 Å². The summed E-state index contributed by atoms with van der Waals surface area (Å²) < 4.78 is 0.790. The lowest BCUT2D eigenvalue weighted by Gasteiger charge is -2.28. The van der Waals surface area contributed by atoms with Crippen LogP contribution in [0.2, 0.25) is 0 Å². The molecule has 2 N–H and O–H groups in total. The largest absolute Gasteiger partial charge is 0.356 e. The first-order valence-electron chi connectivity index (χ1n) is 9.01. The Morgan fingerprint density at radius 2 is 1.92 bits per heavy atom. The normalized spacial score (nSPS) is 14.2. The molecule has 0 unspecified atom stereocenters. The molecule has 7 heteroatoms. The monoisotopic (exact) mass is 417 g/mol. The van der Waals surface area contributed by atoms with Crippen LogP contribution in [0.5, 0.6) is 0 Å². The van der Waals surface area contributed by atoms with E-state index in [1.54, 1.807) is 6.07 Å². The van der Waals surface area contributed by atoms with E-state index in [2.05, 4.69) is 41.4 Å². The van der Waals surface area contributed by atoms with Gasteiger partial charge < -0.3 is 15.5 Å². The van der Waals surface area contributed by atoms with Gasteiger partial charge in [-0.1, -0.05) is 12.1 Å². The van der Waals surface area contributed by atoms with E-state index in [1.165, 1.54) is 19.3 Å². The molecule has 0 aliphatic carbocycles. The molecule has 1 amide bonds. The van der Waals surface area contributed by atoms with E-state index in [9.17, 15) is 4.79 Å². The highest BCUT2D eigenvalue weighted by Gasteiger charge is 2.14. The Hall–Kier alpha value is -2.15. The highest BCUT2D eigenvalue weighted by atomic mass is 79.9. The van der Waals surface area contributed by atoms with Crippen LogP contribution in [0.15, 0.2) is 34.8 Å². The zero-order chi connectivity index (χ0) is 18.4. The summed E-state index contributed by atoms with van der Waals surface area (Å²) >= 11 is 3.40. The van der Waals surface area contributed by atoms with Crippen molar-refractivity contribution in [1.29, 1.82) is 0 Å². The molecular formula is C19H24BrN5O. The van der Waals surface area contributed by atoms with Crippen LogP contribution in [0.4, 0.5) is 11.8 Å². The minimum Gasteiger partial charge on any atom is -0.356 e. The molecule has 0 radical (unpaired) electrons. The lowest BCUT2D eigenvalue weighted by atomic mass is 10.1. The zero-order valence-corrected chi connectivity index (χ0v) is 16.6. The van der Waals surface area contributed by atoms with Gasteiger partial charge in [-0.05, 0) is 54.2 Å². The topological polar surface area (TPSA) is 70.2 Å². The average molecular weight is 418 g/mol. The van der Waals surface area contributed by atoms with Crippen molar-refractivity contribution in [2.24, 2.45) is 0 Å². The molecule has 2 heterocycles. The first-order chi connectivity index (χ1) is 12.6. The fourth-order valence-corrected chi connectivity index (χ4v) is 3.47. The van der Waals surface area contributed by atoms with Crippen molar-refractivity contribution < 1.29 is 4.79 Å². The molecule has 138 valence electrons. The van der Waals surface area contributed by atoms with Crippen molar-refractivity contribution in [3.63, 3.8) is 0 Å². The second kappa shape index (κ2) is 8.98. The molecule has 1 saturated heterocycles. The fourth-order valence-electron chi connectivity index (χ4n) is 3.01. The molecule has 1 aliphatic rings. The van der Waals surface area contributed by atoms with Crippen molar-refractivity contribution in [2.75, 3.05) is 36.4 Å². The molecule has 0 bridgehead atoms. The maximum Gasteiger partial charge on any atom is 0.252 e. The Labute approximate surface area is 162 Å². The van der Waals surface area contributed by atoms with Crippen molar-refractivity contribution in [3.8, 4) is 0 Å². The van der Waals surface area contributed by atoms with Crippen LogP contribution in [-0.2, 0) is 0 Å². The van der Waals surface area contributed by atoms with Gasteiger partial charge in [0, 0.05) is 42.4 Å². The number of anilines is 2. The Bertz CT molecular complexity index is 761. The second-order valence-electron chi connectivity index (χ2n) is 6.40. The predicted octanol–water partition coefficient (Wildman–Crippen LogP) is 3.38. The van der Waals surface area contributed by atoms with E-state index in [1.807, 2.05) is 31.2 Å². The summed E-state index contributed by atoms with van der Waals surface area (Å²) in [6, 6.07) is 9.42. The van der Waals surface area contributed by atoms with E-state index < -0.39 is 0 Å². The Kier molecular flexibility index (Phi) is 6.44. The van der Waals surface area contributed by atoms with E-state index in [4.69, 9.17) is 0 Å². The molecule has 0 saturated carbocycles. The maximum absolute atomic E-state index is 12.2. The third-order valence-electron chi connectivity index (χ3n) is 4.33. The SMILES string of the molecule is Cc1cc(N2CCCCC2)nc(NCCNC(=O)c2ccccc2Br)n1. The molecule has 2 aromatic rings. The Morgan fingerprint density at radius 3 is 2.69 bits per heavy atom. The van der Waals surface area contributed by atoms with Crippen LogP contribution in [-0.4, -0.2) is 42.1 Å². The molecular weight excluding hydrogens is 394 g/mol. The molecule has 3 rings (SSSR count). The summed E-state index contributed by atoms with van der Waals surface area (Å²) in [5, 5.41) is 6.12. The van der Waals surface area contributed by atoms with Gasteiger partial charge in [-0.15, -0.1) is 0 Å². The van der Waals surface area contributed by atoms with E-state index in [-0.39, 0.29) is 5.91 Å². The number of hydrogen-bond donors (Lipinski definition) is 2. The predicted molar refractivity (Wildman–Crippen MR) is 108 cm³/mol. The van der Waals surface area contributed by atoms with Gasteiger partial charge in [-0.25, -0.2) is 4.98 Å². The van der Waals surface area contributed by atoms with Crippen molar-refractivity contribution in [3.05, 3.63) is 46.1 Å². The highest BCUT2D eigenvalue weighted by Crippen LogP contribution is 2.19. The number of carbonyl (C=O) groups excluding carboxylic acids is 1. The van der Waals surface area contributed by atoms with Gasteiger partial charge in [0.25, 0.3) is 5.91 Å². The highest BCUT2D eigenvalue weighted by molar-refractivity contribution is 9.10. The van der Waals surface area contributed by atoms with Crippen molar-refractivity contribution in [1.82, 2.24) is 15.3 Å². The number of piperidine rings is 1. The first-order valence-corrected chi connectivity index (χ1v) is 9.80. The number of benzene rings is 1. The van der Waals surface area contributed by atoms with Gasteiger partial charge in [0.05, 0.1) is 5.56 Å². The van der Waals surface area contributed by atoms with Gasteiger partial charge in [0.2, 0.25) is 5.95 Å².